The smallest absolute Gasteiger partial charge is 0.207 e. The predicted octanol–water partition coefficient (Wildman–Crippen LogP) is 4.27. The van der Waals surface area contributed by atoms with E-state index in [4.69, 9.17) is 0 Å². The first kappa shape index (κ1) is 14.1. The summed E-state index contributed by atoms with van der Waals surface area (Å²) in [4.78, 5) is 1.11. The standard InChI is InChI=1S/C14H8BrFN4S2/c15-12-6-5-11(22-12)10-7-21-14-18-17-13(20(14)19-10)8-1-3-9(16)4-2-8/h1-6H,7H2. The van der Waals surface area contributed by atoms with Crippen LogP contribution in [-0.2, 0) is 0 Å². The second-order valence-electron chi connectivity index (χ2n) is 4.56. The van der Waals surface area contributed by atoms with E-state index in [1.165, 1.54) is 12.1 Å². The van der Waals surface area contributed by atoms with E-state index in [1.54, 1.807) is 39.9 Å². The lowest BCUT2D eigenvalue weighted by atomic mass is 10.2. The van der Waals surface area contributed by atoms with Crippen LogP contribution in [-0.4, -0.2) is 26.3 Å². The molecule has 0 saturated heterocycles. The van der Waals surface area contributed by atoms with E-state index >= 15 is 0 Å². The Labute approximate surface area is 142 Å². The molecule has 0 spiro atoms. The molecule has 4 nitrogen and oxygen atoms in total. The molecule has 0 N–H and O–H groups in total. The van der Waals surface area contributed by atoms with Gasteiger partial charge in [0.1, 0.15) is 5.82 Å². The zero-order valence-electron chi connectivity index (χ0n) is 11.0. The number of halogens is 2. The van der Waals surface area contributed by atoms with Crippen LogP contribution in [0.4, 0.5) is 4.39 Å². The molecule has 1 aliphatic heterocycles. The van der Waals surface area contributed by atoms with Crippen LogP contribution in [0.15, 0.2) is 50.4 Å². The number of thiophene rings is 1. The minimum absolute atomic E-state index is 0.274. The Morgan fingerprint density at radius 2 is 1.91 bits per heavy atom. The van der Waals surface area contributed by atoms with Gasteiger partial charge in [0.05, 0.1) is 14.4 Å². The summed E-state index contributed by atoms with van der Waals surface area (Å²) >= 11 is 6.71. The number of aromatic nitrogens is 3. The summed E-state index contributed by atoms with van der Waals surface area (Å²) in [6.07, 6.45) is 0. The van der Waals surface area contributed by atoms with E-state index in [9.17, 15) is 4.39 Å². The highest BCUT2D eigenvalue weighted by molar-refractivity contribution is 9.11. The number of benzene rings is 1. The van der Waals surface area contributed by atoms with E-state index < -0.39 is 0 Å². The third-order valence-corrected chi connectivity index (χ3v) is 5.73. The number of hydrogen-bond acceptors (Lipinski definition) is 5. The third kappa shape index (κ3) is 2.51. The first-order chi connectivity index (χ1) is 10.7. The highest BCUT2D eigenvalue weighted by Crippen LogP contribution is 2.31. The van der Waals surface area contributed by atoms with Crippen LogP contribution in [0, 0.1) is 5.82 Å². The van der Waals surface area contributed by atoms with Crippen LogP contribution < -0.4 is 0 Å². The number of hydrogen-bond donors (Lipinski definition) is 0. The van der Waals surface area contributed by atoms with Gasteiger partial charge in [-0.3, -0.25) is 0 Å². The van der Waals surface area contributed by atoms with Crippen molar-refractivity contribution in [2.75, 3.05) is 5.75 Å². The molecule has 4 rings (SSSR count). The van der Waals surface area contributed by atoms with Gasteiger partial charge in [-0.25, -0.2) is 4.39 Å². The van der Waals surface area contributed by atoms with Gasteiger partial charge >= 0.3 is 0 Å². The van der Waals surface area contributed by atoms with Gasteiger partial charge in [0, 0.05) is 11.3 Å². The average molecular weight is 395 g/mol. The van der Waals surface area contributed by atoms with Gasteiger partial charge < -0.3 is 0 Å². The summed E-state index contributed by atoms with van der Waals surface area (Å²) < 4.78 is 15.9. The number of thioether (sulfide) groups is 1. The van der Waals surface area contributed by atoms with E-state index in [0.717, 1.165) is 30.8 Å². The summed E-state index contributed by atoms with van der Waals surface area (Å²) in [6.45, 7) is 0. The molecule has 8 heteroatoms. The molecular formula is C14H8BrFN4S2. The minimum atomic E-state index is -0.274. The Hall–Kier alpha value is -1.51. The molecule has 3 aromatic rings. The van der Waals surface area contributed by atoms with Crippen molar-refractivity contribution in [2.24, 2.45) is 5.10 Å². The number of nitrogens with zero attached hydrogens (tertiary/aromatic N) is 4. The van der Waals surface area contributed by atoms with Gasteiger partial charge in [-0.05, 0) is 52.3 Å². The van der Waals surface area contributed by atoms with Gasteiger partial charge in [-0.1, -0.05) is 11.8 Å². The van der Waals surface area contributed by atoms with Gasteiger partial charge in [-0.2, -0.15) is 9.78 Å². The number of rotatable bonds is 2. The van der Waals surface area contributed by atoms with E-state index in [2.05, 4.69) is 31.2 Å². The first-order valence-corrected chi connectivity index (χ1v) is 8.98. The molecule has 0 saturated carbocycles. The largest absolute Gasteiger partial charge is 0.212 e. The van der Waals surface area contributed by atoms with Crippen LogP contribution >= 0.6 is 39.0 Å². The lowest BCUT2D eigenvalue weighted by Gasteiger charge is -2.12. The van der Waals surface area contributed by atoms with Crippen molar-refractivity contribution in [1.82, 2.24) is 14.9 Å². The topological polar surface area (TPSA) is 43.1 Å². The Morgan fingerprint density at radius 3 is 2.64 bits per heavy atom. The van der Waals surface area contributed by atoms with Crippen LogP contribution in [0.3, 0.4) is 0 Å². The Morgan fingerprint density at radius 1 is 1.09 bits per heavy atom. The fraction of sp³-hybridized carbons (Fsp3) is 0.0714. The van der Waals surface area contributed by atoms with E-state index in [-0.39, 0.29) is 5.82 Å². The average Bonchev–Trinajstić information content (AvgIpc) is 3.14. The minimum Gasteiger partial charge on any atom is -0.207 e. The van der Waals surface area contributed by atoms with Gasteiger partial charge in [-0.15, -0.1) is 21.5 Å². The molecule has 0 unspecified atom stereocenters. The van der Waals surface area contributed by atoms with Crippen molar-refractivity contribution in [2.45, 2.75) is 5.16 Å². The summed E-state index contributed by atoms with van der Waals surface area (Å²) in [7, 11) is 0. The zero-order chi connectivity index (χ0) is 15.1. The van der Waals surface area contributed by atoms with Crippen molar-refractivity contribution >= 4 is 44.7 Å². The fourth-order valence-electron chi connectivity index (χ4n) is 2.10. The van der Waals surface area contributed by atoms with Crippen LogP contribution in [0.2, 0.25) is 0 Å². The maximum atomic E-state index is 13.1. The molecule has 1 aromatic carbocycles. The molecule has 0 fully saturated rings. The second kappa shape index (κ2) is 5.60. The molecule has 0 amide bonds. The lowest BCUT2D eigenvalue weighted by molar-refractivity contribution is 0.628. The molecule has 3 heterocycles. The predicted molar refractivity (Wildman–Crippen MR) is 90.1 cm³/mol. The molecule has 2 aromatic heterocycles. The highest BCUT2D eigenvalue weighted by Gasteiger charge is 2.21. The Balaban J connectivity index is 1.79. The Kier molecular flexibility index (Phi) is 3.59. The van der Waals surface area contributed by atoms with E-state index in [0.29, 0.717) is 5.82 Å². The van der Waals surface area contributed by atoms with Crippen LogP contribution in [0.25, 0.3) is 11.4 Å². The molecule has 0 radical (unpaired) electrons. The maximum Gasteiger partial charge on any atom is 0.212 e. The summed E-state index contributed by atoms with van der Waals surface area (Å²) in [5.74, 6) is 1.11. The molecule has 110 valence electrons. The van der Waals surface area contributed by atoms with E-state index in [1.807, 2.05) is 12.1 Å². The summed E-state index contributed by atoms with van der Waals surface area (Å²) in [6, 6.07) is 10.2. The quantitative estimate of drug-likeness (QED) is 0.651. The number of fused-ring (bicyclic) bond motifs is 1. The molecule has 0 aliphatic carbocycles. The van der Waals surface area contributed by atoms with Gasteiger partial charge in [0.15, 0.2) is 5.82 Å². The maximum absolute atomic E-state index is 13.1. The van der Waals surface area contributed by atoms with Crippen LogP contribution in [0.1, 0.15) is 4.88 Å². The third-order valence-electron chi connectivity index (χ3n) is 3.13. The van der Waals surface area contributed by atoms with Crippen molar-refractivity contribution in [1.29, 1.82) is 0 Å². The second-order valence-corrected chi connectivity index (χ2v) is 7.97. The molecule has 1 aliphatic rings. The van der Waals surface area contributed by atoms with Crippen molar-refractivity contribution < 1.29 is 4.39 Å². The summed E-state index contributed by atoms with van der Waals surface area (Å²) in [5, 5.41) is 13.8. The molecule has 0 atom stereocenters. The SMILES string of the molecule is Fc1ccc(-c2nnc3n2N=C(c2ccc(Br)s2)CS3)cc1. The van der Waals surface area contributed by atoms with Crippen molar-refractivity contribution in [3.05, 3.63) is 50.9 Å². The van der Waals surface area contributed by atoms with Crippen LogP contribution in [0.5, 0.6) is 0 Å². The normalized spacial score (nSPS) is 13.8. The molecular weight excluding hydrogens is 387 g/mol. The molecule has 0 bridgehead atoms. The van der Waals surface area contributed by atoms with Gasteiger partial charge in [0.25, 0.3) is 0 Å². The molecule has 22 heavy (non-hydrogen) atoms. The van der Waals surface area contributed by atoms with Crippen molar-refractivity contribution in [3.8, 4) is 11.4 Å². The monoisotopic (exact) mass is 394 g/mol. The van der Waals surface area contributed by atoms with Crippen molar-refractivity contribution in [3.63, 3.8) is 0 Å². The first-order valence-electron chi connectivity index (χ1n) is 6.38. The highest BCUT2D eigenvalue weighted by atomic mass is 79.9. The van der Waals surface area contributed by atoms with Gasteiger partial charge in [0.2, 0.25) is 5.16 Å². The lowest BCUT2D eigenvalue weighted by Crippen LogP contribution is -2.12. The zero-order valence-corrected chi connectivity index (χ0v) is 14.3. The fourth-order valence-corrected chi connectivity index (χ4v) is 4.38. The Bertz CT molecular complexity index is 869. The summed E-state index contributed by atoms with van der Waals surface area (Å²) in [5.41, 5.74) is 1.77.